The normalized spacial score (nSPS) is 11.6. The van der Waals surface area contributed by atoms with Crippen molar-refractivity contribution < 1.29 is 23.8 Å². The Morgan fingerprint density at radius 2 is 1.59 bits per heavy atom. The second-order valence-corrected chi connectivity index (χ2v) is 7.87. The molecule has 2 rings (SSSR count). The fourth-order valence-electron chi connectivity index (χ4n) is 3.36. The van der Waals surface area contributed by atoms with Crippen LogP contribution in [0.2, 0.25) is 0 Å². The van der Waals surface area contributed by atoms with Crippen molar-refractivity contribution in [2.75, 3.05) is 20.8 Å². The average molecular weight is 443 g/mol. The fraction of sp³-hybridized carbons (Fsp3) is 0.440. The monoisotopic (exact) mass is 442 g/mol. The van der Waals surface area contributed by atoms with E-state index in [-0.39, 0.29) is 24.5 Å². The number of nitrogens with zero attached hydrogens (tertiary/aromatic N) is 1. The maximum atomic E-state index is 13.3. The van der Waals surface area contributed by atoms with Crippen LogP contribution in [0.4, 0.5) is 0 Å². The molecule has 0 unspecified atom stereocenters. The van der Waals surface area contributed by atoms with Gasteiger partial charge in [-0.05, 0) is 38.3 Å². The summed E-state index contributed by atoms with van der Waals surface area (Å²) in [6.07, 6.45) is 0.489. The van der Waals surface area contributed by atoms with Gasteiger partial charge in [-0.3, -0.25) is 9.59 Å². The molecule has 0 aromatic heterocycles. The number of carbonyl (C=O) groups excluding carboxylic acids is 2. The highest BCUT2D eigenvalue weighted by Gasteiger charge is 2.29. The van der Waals surface area contributed by atoms with E-state index in [0.29, 0.717) is 30.2 Å². The lowest BCUT2D eigenvalue weighted by molar-refractivity contribution is -0.143. The summed E-state index contributed by atoms with van der Waals surface area (Å²) in [6.45, 7) is 7.80. The Morgan fingerprint density at radius 1 is 1.00 bits per heavy atom. The van der Waals surface area contributed by atoms with Gasteiger partial charge in [-0.15, -0.1) is 0 Å². The van der Waals surface area contributed by atoms with E-state index in [1.54, 1.807) is 37.3 Å². The van der Waals surface area contributed by atoms with E-state index in [9.17, 15) is 9.59 Å². The number of carbonyl (C=O) groups is 2. The van der Waals surface area contributed by atoms with Crippen LogP contribution in [-0.4, -0.2) is 49.6 Å². The molecular weight excluding hydrogens is 408 g/mol. The van der Waals surface area contributed by atoms with E-state index in [2.05, 4.69) is 5.32 Å². The zero-order valence-corrected chi connectivity index (χ0v) is 19.8. The van der Waals surface area contributed by atoms with E-state index >= 15 is 0 Å². The Bertz CT molecular complexity index is 891. The molecule has 32 heavy (non-hydrogen) atoms. The van der Waals surface area contributed by atoms with E-state index in [4.69, 9.17) is 14.2 Å². The Labute approximate surface area is 190 Å². The third-order valence-electron chi connectivity index (χ3n) is 5.11. The molecule has 1 N–H and O–H groups in total. The predicted octanol–water partition coefficient (Wildman–Crippen LogP) is 3.72. The largest absolute Gasteiger partial charge is 0.496 e. The van der Waals surface area contributed by atoms with Crippen LogP contribution in [0.25, 0.3) is 0 Å². The van der Waals surface area contributed by atoms with Gasteiger partial charge in [0.25, 0.3) is 5.91 Å². The summed E-state index contributed by atoms with van der Waals surface area (Å²) in [5.41, 5.74) is 2.04. The molecule has 0 bridgehead atoms. The van der Waals surface area contributed by atoms with Crippen molar-refractivity contribution in [2.45, 2.75) is 52.7 Å². The number of amides is 2. The van der Waals surface area contributed by atoms with Crippen LogP contribution in [0.5, 0.6) is 17.2 Å². The second kappa shape index (κ2) is 12.0. The third-order valence-corrected chi connectivity index (χ3v) is 5.11. The van der Waals surface area contributed by atoms with Gasteiger partial charge in [0, 0.05) is 30.8 Å². The van der Waals surface area contributed by atoms with Crippen LogP contribution in [0.3, 0.4) is 0 Å². The smallest absolute Gasteiger partial charge is 0.261 e. The molecule has 0 radical (unpaired) electrons. The topological polar surface area (TPSA) is 77.1 Å². The van der Waals surface area contributed by atoms with Gasteiger partial charge < -0.3 is 24.4 Å². The van der Waals surface area contributed by atoms with Crippen LogP contribution in [0.1, 0.15) is 38.3 Å². The van der Waals surface area contributed by atoms with Crippen molar-refractivity contribution in [1.29, 1.82) is 0 Å². The molecule has 2 aromatic rings. The standard InChI is InChI=1S/C25H34N2O5/c1-7-23(25(29)26-17(2)3)27(15-19-11-9-8-10-18(19)4)24(28)16-32-22-13-20(30-5)12-21(14-22)31-6/h8-14,17,23H,7,15-16H2,1-6H3,(H,26,29)/t23-/m0/s1. The van der Waals surface area contributed by atoms with Gasteiger partial charge in [-0.1, -0.05) is 31.2 Å². The molecule has 7 heteroatoms. The van der Waals surface area contributed by atoms with E-state index < -0.39 is 6.04 Å². The molecule has 2 amide bonds. The SMILES string of the molecule is CC[C@@H](C(=O)NC(C)C)N(Cc1ccccc1C)C(=O)COc1cc(OC)cc(OC)c1. The van der Waals surface area contributed by atoms with Crippen LogP contribution >= 0.6 is 0 Å². The number of methoxy groups -OCH3 is 2. The minimum Gasteiger partial charge on any atom is -0.496 e. The molecule has 7 nitrogen and oxygen atoms in total. The van der Waals surface area contributed by atoms with Crippen LogP contribution in [-0.2, 0) is 16.1 Å². The molecule has 2 aromatic carbocycles. The van der Waals surface area contributed by atoms with Gasteiger partial charge in [0.2, 0.25) is 5.91 Å². The molecule has 0 fully saturated rings. The number of hydrogen-bond acceptors (Lipinski definition) is 5. The number of hydrogen-bond donors (Lipinski definition) is 1. The highest BCUT2D eigenvalue weighted by atomic mass is 16.5. The molecule has 0 aliphatic carbocycles. The molecule has 0 saturated heterocycles. The minimum atomic E-state index is -0.604. The van der Waals surface area contributed by atoms with Gasteiger partial charge in [-0.2, -0.15) is 0 Å². The predicted molar refractivity (Wildman–Crippen MR) is 124 cm³/mol. The first kappa shape index (κ1) is 25.0. The van der Waals surface area contributed by atoms with Crippen LogP contribution < -0.4 is 19.5 Å². The summed E-state index contributed by atoms with van der Waals surface area (Å²) in [7, 11) is 3.10. The average Bonchev–Trinajstić information content (AvgIpc) is 2.77. The van der Waals surface area contributed by atoms with Crippen LogP contribution in [0.15, 0.2) is 42.5 Å². The number of ether oxygens (including phenoxy) is 3. The summed E-state index contributed by atoms with van der Waals surface area (Å²) < 4.78 is 16.3. The molecule has 0 saturated carbocycles. The van der Waals surface area contributed by atoms with Gasteiger partial charge in [0.15, 0.2) is 6.61 Å². The van der Waals surface area contributed by atoms with Crippen molar-refractivity contribution in [1.82, 2.24) is 10.2 Å². The highest BCUT2D eigenvalue weighted by molar-refractivity contribution is 5.88. The number of nitrogens with one attached hydrogen (secondary N) is 1. The molecular formula is C25H34N2O5. The van der Waals surface area contributed by atoms with Crippen molar-refractivity contribution >= 4 is 11.8 Å². The van der Waals surface area contributed by atoms with Gasteiger partial charge in [-0.25, -0.2) is 0 Å². The molecule has 1 atom stereocenters. The summed E-state index contributed by atoms with van der Waals surface area (Å²) in [5, 5.41) is 2.93. The fourth-order valence-corrected chi connectivity index (χ4v) is 3.36. The van der Waals surface area contributed by atoms with Crippen molar-refractivity contribution in [3.05, 3.63) is 53.6 Å². The Kier molecular flexibility index (Phi) is 9.38. The maximum Gasteiger partial charge on any atom is 0.261 e. The van der Waals surface area contributed by atoms with E-state index in [0.717, 1.165) is 11.1 Å². The lowest BCUT2D eigenvalue weighted by Crippen LogP contribution is -2.51. The number of benzene rings is 2. The van der Waals surface area contributed by atoms with Gasteiger partial charge in [0.05, 0.1) is 14.2 Å². The van der Waals surface area contributed by atoms with Gasteiger partial charge in [0.1, 0.15) is 23.3 Å². The molecule has 0 aliphatic rings. The van der Waals surface area contributed by atoms with Crippen LogP contribution in [0, 0.1) is 6.92 Å². The molecule has 174 valence electrons. The maximum absolute atomic E-state index is 13.3. The zero-order valence-electron chi connectivity index (χ0n) is 19.8. The Morgan fingerprint density at radius 3 is 2.12 bits per heavy atom. The summed E-state index contributed by atoms with van der Waals surface area (Å²) in [4.78, 5) is 27.8. The van der Waals surface area contributed by atoms with E-state index in [1.165, 1.54) is 0 Å². The summed E-state index contributed by atoms with van der Waals surface area (Å²) >= 11 is 0. The van der Waals surface area contributed by atoms with Crippen molar-refractivity contribution in [3.63, 3.8) is 0 Å². The molecule has 0 spiro atoms. The summed E-state index contributed by atoms with van der Waals surface area (Å²) in [5.74, 6) is 1.12. The molecule has 0 aliphatic heterocycles. The van der Waals surface area contributed by atoms with Crippen molar-refractivity contribution in [3.8, 4) is 17.2 Å². The highest BCUT2D eigenvalue weighted by Crippen LogP contribution is 2.27. The first-order valence-electron chi connectivity index (χ1n) is 10.8. The second-order valence-electron chi connectivity index (χ2n) is 7.87. The minimum absolute atomic E-state index is 0.0209. The molecule has 0 heterocycles. The van der Waals surface area contributed by atoms with Crippen molar-refractivity contribution in [2.24, 2.45) is 0 Å². The number of rotatable bonds is 11. The lowest BCUT2D eigenvalue weighted by Gasteiger charge is -2.31. The lowest BCUT2D eigenvalue weighted by atomic mass is 10.1. The van der Waals surface area contributed by atoms with E-state index in [1.807, 2.05) is 52.0 Å². The zero-order chi connectivity index (χ0) is 23.7. The first-order valence-corrected chi connectivity index (χ1v) is 10.8. The number of aryl methyl sites for hydroxylation is 1. The van der Waals surface area contributed by atoms with Gasteiger partial charge >= 0.3 is 0 Å². The quantitative estimate of drug-likeness (QED) is 0.574. The Hall–Kier alpha value is -3.22. The third kappa shape index (κ3) is 6.90. The first-order chi connectivity index (χ1) is 15.3. The summed E-state index contributed by atoms with van der Waals surface area (Å²) in [6, 6.07) is 12.3. The Balaban J connectivity index is 2.26.